The highest BCUT2D eigenvalue weighted by atomic mass is 35.5. The third kappa shape index (κ3) is 6.28. The summed E-state index contributed by atoms with van der Waals surface area (Å²) < 4.78 is 39.1. The number of hydrogen-bond acceptors (Lipinski definition) is 6. The van der Waals surface area contributed by atoms with Crippen LogP contribution in [0.25, 0.3) is 0 Å². The van der Waals surface area contributed by atoms with Crippen molar-refractivity contribution < 1.29 is 22.5 Å². The third-order valence-electron chi connectivity index (χ3n) is 5.91. The molecule has 1 aromatic heterocycles. The smallest absolute Gasteiger partial charge is 0.407 e. The summed E-state index contributed by atoms with van der Waals surface area (Å²) in [5.41, 5.74) is 0.373. The molecular weight excluding hydrogens is 466 g/mol. The number of ether oxygens (including phenoxy) is 1. The number of sulfonamides is 1. The minimum Gasteiger partial charge on any atom is -0.444 e. The molecule has 0 saturated heterocycles. The van der Waals surface area contributed by atoms with Gasteiger partial charge in [0.05, 0.1) is 0 Å². The van der Waals surface area contributed by atoms with Crippen LogP contribution >= 0.6 is 11.6 Å². The Hall–Kier alpha value is -2.10. The molecule has 2 aromatic rings. The standard InChI is InChI=1S/C23H32ClN3O5S/c1-15-20(16(2)32-26-15)33(29,30)27-19-9-11-23(12-10-19,17-7-6-8-18(24)13-17)14-25-21(28)31-22(3,4)5/h6-8,13,19,27H,9-12,14H2,1-5H3,(H,25,28)/t19-,23+. The predicted molar refractivity (Wildman–Crippen MR) is 126 cm³/mol. The van der Waals surface area contributed by atoms with E-state index in [-0.39, 0.29) is 22.1 Å². The van der Waals surface area contributed by atoms with Gasteiger partial charge in [0.2, 0.25) is 10.0 Å². The van der Waals surface area contributed by atoms with E-state index in [1.807, 2.05) is 45.0 Å². The lowest BCUT2D eigenvalue weighted by molar-refractivity contribution is 0.0506. The molecule has 0 aliphatic heterocycles. The maximum atomic E-state index is 12.9. The van der Waals surface area contributed by atoms with Gasteiger partial charge in [-0.1, -0.05) is 28.9 Å². The summed E-state index contributed by atoms with van der Waals surface area (Å²) >= 11 is 6.26. The van der Waals surface area contributed by atoms with E-state index in [1.165, 1.54) is 0 Å². The molecule has 1 aliphatic rings. The maximum absolute atomic E-state index is 12.9. The van der Waals surface area contributed by atoms with Crippen molar-refractivity contribution in [3.8, 4) is 0 Å². The number of rotatable bonds is 6. The number of nitrogens with zero attached hydrogens (tertiary/aromatic N) is 1. The highest BCUT2D eigenvalue weighted by molar-refractivity contribution is 7.89. The average molecular weight is 498 g/mol. The second kappa shape index (κ2) is 9.64. The fraction of sp³-hybridized carbons (Fsp3) is 0.565. The van der Waals surface area contributed by atoms with Crippen molar-refractivity contribution in [2.24, 2.45) is 0 Å². The van der Waals surface area contributed by atoms with Crippen LogP contribution in [0.1, 0.15) is 63.5 Å². The van der Waals surface area contributed by atoms with Crippen molar-refractivity contribution in [1.82, 2.24) is 15.2 Å². The Morgan fingerprint density at radius 2 is 1.94 bits per heavy atom. The lowest BCUT2D eigenvalue weighted by Crippen LogP contribution is -2.48. The number of carbonyl (C=O) groups is 1. The summed E-state index contributed by atoms with van der Waals surface area (Å²) in [7, 11) is -3.75. The van der Waals surface area contributed by atoms with Crippen LogP contribution in [-0.2, 0) is 20.2 Å². The van der Waals surface area contributed by atoms with Gasteiger partial charge in [0.15, 0.2) is 5.76 Å². The van der Waals surface area contributed by atoms with E-state index in [9.17, 15) is 13.2 Å². The van der Waals surface area contributed by atoms with Crippen LogP contribution in [-0.4, -0.2) is 37.9 Å². The fourth-order valence-electron chi connectivity index (χ4n) is 4.37. The number of nitrogens with one attached hydrogen (secondary N) is 2. The average Bonchev–Trinajstić information content (AvgIpc) is 3.05. The molecule has 182 valence electrons. The third-order valence-corrected chi connectivity index (χ3v) is 7.91. The molecular formula is C23H32ClN3O5S. The minimum absolute atomic E-state index is 0.0979. The zero-order valence-corrected chi connectivity index (χ0v) is 21.3. The number of aryl methyl sites for hydroxylation is 2. The lowest BCUT2D eigenvalue weighted by atomic mass is 9.68. The molecule has 1 fully saturated rings. The van der Waals surface area contributed by atoms with Gasteiger partial charge in [-0.2, -0.15) is 0 Å². The Kier molecular flexibility index (Phi) is 7.45. The van der Waals surface area contributed by atoms with Crippen molar-refractivity contribution in [2.75, 3.05) is 6.54 Å². The summed E-state index contributed by atoms with van der Waals surface area (Å²) in [6.07, 6.45) is 2.05. The first-order valence-electron chi connectivity index (χ1n) is 11.0. The monoisotopic (exact) mass is 497 g/mol. The Labute approximate surface area is 200 Å². The number of halogens is 1. The molecule has 1 amide bonds. The topological polar surface area (TPSA) is 111 Å². The molecule has 10 heteroatoms. The van der Waals surface area contributed by atoms with Crippen molar-refractivity contribution in [3.05, 3.63) is 46.3 Å². The van der Waals surface area contributed by atoms with E-state index in [0.29, 0.717) is 42.9 Å². The molecule has 0 spiro atoms. The largest absolute Gasteiger partial charge is 0.444 e. The molecule has 1 heterocycles. The highest BCUT2D eigenvalue weighted by Crippen LogP contribution is 2.40. The van der Waals surface area contributed by atoms with Crippen molar-refractivity contribution in [1.29, 1.82) is 0 Å². The van der Waals surface area contributed by atoms with Gasteiger partial charge in [0, 0.05) is 23.0 Å². The van der Waals surface area contributed by atoms with Crippen LogP contribution in [0.4, 0.5) is 4.79 Å². The number of alkyl carbamates (subject to hydrolysis) is 1. The Balaban J connectivity index is 1.75. The van der Waals surface area contributed by atoms with Gasteiger partial charge >= 0.3 is 6.09 Å². The second-order valence-corrected chi connectivity index (χ2v) is 11.8. The quantitative estimate of drug-likeness (QED) is 0.602. The molecule has 0 unspecified atom stereocenters. The van der Waals surface area contributed by atoms with Gasteiger partial charge in [0.1, 0.15) is 16.2 Å². The van der Waals surface area contributed by atoms with Gasteiger partial charge in [-0.05, 0) is 78.0 Å². The van der Waals surface area contributed by atoms with E-state index in [1.54, 1.807) is 13.8 Å². The summed E-state index contributed by atoms with van der Waals surface area (Å²) in [5, 5.41) is 7.27. The maximum Gasteiger partial charge on any atom is 0.407 e. The van der Waals surface area contributed by atoms with Crippen molar-refractivity contribution in [3.63, 3.8) is 0 Å². The second-order valence-electron chi connectivity index (χ2n) is 9.69. The minimum atomic E-state index is -3.75. The van der Waals surface area contributed by atoms with E-state index < -0.39 is 21.7 Å². The van der Waals surface area contributed by atoms with Crippen LogP contribution in [0.5, 0.6) is 0 Å². The zero-order valence-electron chi connectivity index (χ0n) is 19.7. The number of benzene rings is 1. The van der Waals surface area contributed by atoms with Crippen LogP contribution in [0.3, 0.4) is 0 Å². The van der Waals surface area contributed by atoms with Crippen LogP contribution in [0.15, 0.2) is 33.7 Å². The van der Waals surface area contributed by atoms with E-state index in [2.05, 4.69) is 15.2 Å². The molecule has 1 aliphatic carbocycles. The van der Waals surface area contributed by atoms with Crippen molar-refractivity contribution in [2.45, 2.75) is 82.3 Å². The summed E-state index contributed by atoms with van der Waals surface area (Å²) in [6.45, 7) is 9.01. The van der Waals surface area contributed by atoms with Gasteiger partial charge in [0.25, 0.3) is 0 Å². The molecule has 1 aromatic carbocycles. The fourth-order valence-corrected chi connectivity index (χ4v) is 6.19. The Bertz CT molecular complexity index is 1080. The van der Waals surface area contributed by atoms with Gasteiger partial charge in [-0.3, -0.25) is 0 Å². The first-order valence-corrected chi connectivity index (χ1v) is 12.9. The lowest BCUT2D eigenvalue weighted by Gasteiger charge is -2.41. The van der Waals surface area contributed by atoms with E-state index in [0.717, 1.165) is 5.56 Å². The molecule has 0 bridgehead atoms. The number of aromatic nitrogens is 1. The van der Waals surface area contributed by atoms with Crippen LogP contribution in [0, 0.1) is 13.8 Å². The SMILES string of the molecule is Cc1noc(C)c1S(=O)(=O)N[C@H]1CC[C@@](CNC(=O)OC(C)(C)C)(c2cccc(Cl)c2)CC1. The summed E-state index contributed by atoms with van der Waals surface area (Å²) in [6, 6.07) is 7.37. The normalized spacial score (nSPS) is 21.6. The zero-order chi connectivity index (χ0) is 24.4. The molecule has 33 heavy (non-hydrogen) atoms. The molecule has 0 radical (unpaired) electrons. The molecule has 2 N–H and O–H groups in total. The van der Waals surface area contributed by atoms with Crippen molar-refractivity contribution >= 4 is 27.7 Å². The van der Waals surface area contributed by atoms with Gasteiger partial charge < -0.3 is 14.6 Å². The molecule has 3 rings (SSSR count). The van der Waals surface area contributed by atoms with Gasteiger partial charge in [-0.25, -0.2) is 17.9 Å². The van der Waals surface area contributed by atoms with Crippen LogP contribution < -0.4 is 10.0 Å². The number of hydrogen-bond donors (Lipinski definition) is 2. The highest BCUT2D eigenvalue weighted by Gasteiger charge is 2.39. The predicted octanol–water partition coefficient (Wildman–Crippen LogP) is 4.63. The molecule has 8 nitrogen and oxygen atoms in total. The Morgan fingerprint density at radius 3 is 2.48 bits per heavy atom. The van der Waals surface area contributed by atoms with Crippen LogP contribution in [0.2, 0.25) is 5.02 Å². The van der Waals surface area contributed by atoms with E-state index in [4.69, 9.17) is 20.9 Å². The summed E-state index contributed by atoms with van der Waals surface area (Å²) in [4.78, 5) is 12.4. The number of carbonyl (C=O) groups excluding carboxylic acids is 1. The Morgan fingerprint density at radius 1 is 1.27 bits per heavy atom. The van der Waals surface area contributed by atoms with Gasteiger partial charge in [-0.15, -0.1) is 0 Å². The number of amides is 1. The summed E-state index contributed by atoms with van der Waals surface area (Å²) in [5.74, 6) is 0.269. The molecule has 0 atom stereocenters. The molecule has 1 saturated carbocycles. The van der Waals surface area contributed by atoms with E-state index >= 15 is 0 Å². The first kappa shape index (κ1) is 25.5. The first-order chi connectivity index (χ1) is 15.3.